The first-order valence-corrected chi connectivity index (χ1v) is 3.61. The summed E-state index contributed by atoms with van der Waals surface area (Å²) in [6.45, 7) is 1.98. The van der Waals surface area contributed by atoms with E-state index in [0.29, 0.717) is 0 Å². The first-order valence-electron chi connectivity index (χ1n) is 1.71. The van der Waals surface area contributed by atoms with Crippen LogP contribution in [0.3, 0.4) is 0 Å². The van der Waals surface area contributed by atoms with Gasteiger partial charge in [0.05, 0.1) is 0 Å². The van der Waals surface area contributed by atoms with E-state index >= 15 is 0 Å². The van der Waals surface area contributed by atoms with Gasteiger partial charge in [0, 0.05) is 0 Å². The van der Waals surface area contributed by atoms with Gasteiger partial charge in [0.1, 0.15) is 0 Å². The molecule has 1 unspecified atom stereocenters. The molecule has 1 atom stereocenters. The van der Waals surface area contributed by atoms with Crippen molar-refractivity contribution in [2.24, 2.45) is 0 Å². The van der Waals surface area contributed by atoms with Gasteiger partial charge in [0.25, 0.3) is 0 Å². The summed E-state index contributed by atoms with van der Waals surface area (Å²) >= 11 is 0.980. The summed E-state index contributed by atoms with van der Waals surface area (Å²) in [5, 5.41) is 8.42. The van der Waals surface area contributed by atoms with Gasteiger partial charge in [0.15, 0.2) is 0 Å². The molecule has 1 nitrogen and oxygen atoms in total. The molecular formula is C3H8OSn. The Balaban J connectivity index is 2.54. The SMILES string of the molecule is CC[CH](O)[SnH]. The molecule has 0 aromatic heterocycles. The molecule has 30 valence electrons. The quantitative estimate of drug-likeness (QED) is 0.543. The fourth-order valence-corrected chi connectivity index (χ4v) is 0. The average molecular weight is 179 g/mol. The molecule has 0 spiro atoms. The van der Waals surface area contributed by atoms with Crippen molar-refractivity contribution in [2.75, 3.05) is 0 Å². The van der Waals surface area contributed by atoms with Gasteiger partial charge in [0.2, 0.25) is 0 Å². The Kier molecular flexibility index (Phi) is 3.42. The van der Waals surface area contributed by atoms with Gasteiger partial charge in [-0.2, -0.15) is 0 Å². The van der Waals surface area contributed by atoms with E-state index in [9.17, 15) is 0 Å². The van der Waals surface area contributed by atoms with Gasteiger partial charge in [-0.05, 0) is 0 Å². The summed E-state index contributed by atoms with van der Waals surface area (Å²) in [7, 11) is 0. The molecule has 0 aromatic carbocycles. The zero-order valence-corrected chi connectivity index (χ0v) is 6.60. The fourth-order valence-electron chi connectivity index (χ4n) is 0. The molecule has 0 aromatic rings. The molecule has 0 heterocycles. The third-order valence-electron chi connectivity index (χ3n) is 0.418. The molecular weight excluding hydrogens is 171 g/mol. The summed E-state index contributed by atoms with van der Waals surface area (Å²) in [5.41, 5.74) is 0. The van der Waals surface area contributed by atoms with Gasteiger partial charge >= 0.3 is 45.1 Å². The van der Waals surface area contributed by atoms with Crippen LogP contribution in [0.2, 0.25) is 0 Å². The van der Waals surface area contributed by atoms with Gasteiger partial charge in [-0.25, -0.2) is 0 Å². The van der Waals surface area contributed by atoms with Crippen molar-refractivity contribution in [1.82, 2.24) is 0 Å². The minimum absolute atomic E-state index is 0.0143. The molecule has 0 bridgehead atoms. The van der Waals surface area contributed by atoms with E-state index in [1.807, 2.05) is 6.92 Å². The molecule has 5 heavy (non-hydrogen) atoms. The van der Waals surface area contributed by atoms with Crippen LogP contribution >= 0.6 is 0 Å². The molecule has 0 saturated carbocycles. The molecule has 0 amide bonds. The van der Waals surface area contributed by atoms with Gasteiger partial charge in [-0.3, -0.25) is 0 Å². The number of rotatable bonds is 1. The molecule has 2 heteroatoms. The molecule has 0 aliphatic carbocycles. The van der Waals surface area contributed by atoms with Gasteiger partial charge < -0.3 is 0 Å². The Labute approximate surface area is 45.5 Å². The Morgan fingerprint density at radius 3 is 2.20 bits per heavy atom. The molecule has 0 aliphatic heterocycles. The first-order chi connectivity index (χ1) is 2.27. The van der Waals surface area contributed by atoms with E-state index in [1.54, 1.807) is 0 Å². The van der Waals surface area contributed by atoms with Crippen molar-refractivity contribution in [2.45, 2.75) is 17.5 Å². The average Bonchev–Trinajstić information content (AvgIpc) is 1.38. The minimum atomic E-state index is 0.0143. The van der Waals surface area contributed by atoms with Gasteiger partial charge in [-0.15, -0.1) is 0 Å². The monoisotopic (exact) mass is 180 g/mol. The van der Waals surface area contributed by atoms with Gasteiger partial charge in [-0.1, -0.05) is 0 Å². The maximum atomic E-state index is 8.42. The summed E-state index contributed by atoms with van der Waals surface area (Å²) in [6.07, 6.45) is 0.919. The van der Waals surface area contributed by atoms with Crippen molar-refractivity contribution < 1.29 is 5.11 Å². The van der Waals surface area contributed by atoms with Crippen LogP contribution in [0.25, 0.3) is 0 Å². The summed E-state index contributed by atoms with van der Waals surface area (Å²) in [5.74, 6) is 0. The van der Waals surface area contributed by atoms with Crippen molar-refractivity contribution >= 4 is 22.5 Å². The number of hydrogen-bond acceptors (Lipinski definition) is 1. The third kappa shape index (κ3) is 4.76. The van der Waals surface area contributed by atoms with Crippen LogP contribution in [0.5, 0.6) is 0 Å². The number of hydrogen-bond donors (Lipinski definition) is 1. The Hall–Kier alpha value is 0.759. The predicted molar refractivity (Wildman–Crippen MR) is 23.4 cm³/mol. The summed E-state index contributed by atoms with van der Waals surface area (Å²) < 4.78 is 0.0143. The summed E-state index contributed by atoms with van der Waals surface area (Å²) in [6, 6.07) is 0. The standard InChI is InChI=1S/C3H7O.Sn.H/c1-2-3-4;;/h3-4H,2H2,1H3;;. The second-order valence-corrected chi connectivity index (χ2v) is 3.17. The molecule has 0 rings (SSSR count). The zero-order chi connectivity index (χ0) is 4.28. The molecule has 2 radical (unpaired) electrons. The van der Waals surface area contributed by atoms with E-state index in [2.05, 4.69) is 0 Å². The van der Waals surface area contributed by atoms with Crippen molar-refractivity contribution in [3.8, 4) is 0 Å². The number of aliphatic hydroxyl groups excluding tert-OH is 1. The van der Waals surface area contributed by atoms with E-state index < -0.39 is 0 Å². The van der Waals surface area contributed by atoms with E-state index in [4.69, 9.17) is 5.11 Å². The van der Waals surface area contributed by atoms with Crippen molar-refractivity contribution in [3.05, 3.63) is 0 Å². The van der Waals surface area contributed by atoms with Crippen LogP contribution in [0, 0.1) is 0 Å². The van der Waals surface area contributed by atoms with E-state index in [1.165, 1.54) is 0 Å². The second-order valence-electron chi connectivity index (χ2n) is 0.976. The van der Waals surface area contributed by atoms with E-state index in [-0.39, 0.29) is 4.12 Å². The fraction of sp³-hybridized carbons (Fsp3) is 1.00. The predicted octanol–water partition coefficient (Wildman–Crippen LogP) is -0.384. The first kappa shape index (κ1) is 5.76. The Bertz CT molecular complexity index is 20.9. The molecule has 0 saturated heterocycles. The van der Waals surface area contributed by atoms with Crippen molar-refractivity contribution in [1.29, 1.82) is 0 Å². The third-order valence-corrected chi connectivity index (χ3v) is 1.76. The summed E-state index contributed by atoms with van der Waals surface area (Å²) in [4.78, 5) is 0. The zero-order valence-electron chi connectivity index (χ0n) is 3.31. The van der Waals surface area contributed by atoms with Crippen molar-refractivity contribution in [3.63, 3.8) is 0 Å². The van der Waals surface area contributed by atoms with Crippen LogP contribution in [0.4, 0.5) is 0 Å². The Morgan fingerprint density at radius 2 is 2.20 bits per heavy atom. The van der Waals surface area contributed by atoms with Crippen LogP contribution in [0.1, 0.15) is 13.3 Å². The maximum absolute atomic E-state index is 8.42. The van der Waals surface area contributed by atoms with Crippen LogP contribution in [0.15, 0.2) is 0 Å². The normalized spacial score (nSPS) is 15.0. The van der Waals surface area contributed by atoms with Crippen LogP contribution < -0.4 is 0 Å². The molecule has 0 aliphatic rings. The van der Waals surface area contributed by atoms with Crippen LogP contribution in [-0.2, 0) is 0 Å². The number of aliphatic hydroxyl groups is 1. The topological polar surface area (TPSA) is 20.2 Å². The molecule has 0 fully saturated rings. The Morgan fingerprint density at radius 1 is 2.00 bits per heavy atom. The van der Waals surface area contributed by atoms with Crippen LogP contribution in [-0.4, -0.2) is 31.8 Å². The second kappa shape index (κ2) is 2.97. The van der Waals surface area contributed by atoms with E-state index in [0.717, 1.165) is 28.9 Å². The molecule has 1 N–H and O–H groups in total.